The van der Waals surface area contributed by atoms with Crippen LogP contribution in [0.25, 0.3) is 5.57 Å². The number of ether oxygens (including phenoxy) is 17. The van der Waals surface area contributed by atoms with E-state index >= 15 is 4.79 Å². The average molecular weight is 1800 g/mol. The van der Waals surface area contributed by atoms with Crippen LogP contribution in [0.2, 0.25) is 0 Å². The molecule has 5 unspecified atom stereocenters. The summed E-state index contributed by atoms with van der Waals surface area (Å²) in [6.45, 7) is 10.0. The molecule has 3 fully saturated rings. The monoisotopic (exact) mass is 1800 g/mol. The summed E-state index contributed by atoms with van der Waals surface area (Å²) in [4.78, 5) is 127. The van der Waals surface area contributed by atoms with Crippen LogP contribution in [0, 0.1) is 6.92 Å². The molecule has 6 aliphatic rings. The Morgan fingerprint density at radius 2 is 1.13 bits per heavy atom. The van der Waals surface area contributed by atoms with Crippen molar-refractivity contribution >= 4 is 70.6 Å². The number of aryl methyl sites for hydroxylation is 1. The van der Waals surface area contributed by atoms with E-state index in [-0.39, 0.29) is 198 Å². The molecule has 10 N–H and O–H groups in total. The lowest BCUT2D eigenvalue weighted by molar-refractivity contribution is -0.271. The van der Waals surface area contributed by atoms with Gasteiger partial charge in [-0.15, -0.1) is 0 Å². The molecule has 40 heteroatoms. The SMILES string of the molecule is C=C1C[C@H]2C(O)N(C(=O)OCc3ccc(OC4OC(C(=O)O)[C@@H](O)[C@H](O)[C@H]4O)c(C(=O)CCCOCCOCCOCC(=O)OC(C)(C)C)c3)c3cc(OCCCCCOc4cc5c(cc4OC)C(=O)N4C=C(c6ccc(OCCOCCC(=O)O)cc6)CC4C(O)N5C(=O)OCc4ccc(O[C@@H]5OC[C@@H](O)[C@H](O)[C@H]5O)c(C(=O)OCCOC)c4)c(C)cc3C(=O)N2C1. The Bertz CT molecular complexity index is 4790. The highest BCUT2D eigenvalue weighted by Gasteiger charge is 2.51. The number of anilines is 2. The number of Topliss-reactive ketones (excluding diaryl/α,β-unsaturated/α-hetero) is 1. The molecule has 0 spiro atoms. The smallest absolute Gasteiger partial charge is 0.416 e. The molecule has 0 aromatic heterocycles. The van der Waals surface area contributed by atoms with Crippen molar-refractivity contribution in [1.29, 1.82) is 0 Å². The minimum atomic E-state index is -2.05. The van der Waals surface area contributed by atoms with Gasteiger partial charge in [0, 0.05) is 45.0 Å². The van der Waals surface area contributed by atoms with Gasteiger partial charge in [-0.2, -0.15) is 0 Å². The predicted octanol–water partition coefficient (Wildman–Crippen LogP) is 4.72. The number of methoxy groups -OCH3 is 2. The van der Waals surface area contributed by atoms with Gasteiger partial charge in [0.2, 0.25) is 12.6 Å². The van der Waals surface area contributed by atoms with Gasteiger partial charge in [0.15, 0.2) is 35.8 Å². The minimum Gasteiger partial charge on any atom is -0.493 e. The largest absolute Gasteiger partial charge is 0.493 e. The van der Waals surface area contributed by atoms with E-state index in [0.29, 0.717) is 47.3 Å². The van der Waals surface area contributed by atoms with Crippen LogP contribution >= 0.6 is 0 Å². The molecular formula is C88H108N4O36. The van der Waals surface area contributed by atoms with E-state index in [9.17, 15) is 84.3 Å². The second kappa shape index (κ2) is 45.2. The average Bonchev–Trinajstić information content (AvgIpc) is 1.60. The first-order valence-electron chi connectivity index (χ1n) is 41.5. The zero-order valence-corrected chi connectivity index (χ0v) is 71.4. The number of carbonyl (C=O) groups excluding carboxylic acids is 7. The van der Waals surface area contributed by atoms with Crippen molar-refractivity contribution in [1.82, 2.24) is 9.80 Å². The summed E-state index contributed by atoms with van der Waals surface area (Å²) in [6.07, 6.45) is -19.6. The highest BCUT2D eigenvalue weighted by molar-refractivity contribution is 6.08. The van der Waals surface area contributed by atoms with E-state index < -0.39 is 159 Å². The Labute approximate surface area is 735 Å². The molecule has 3 saturated heterocycles. The van der Waals surface area contributed by atoms with Crippen molar-refractivity contribution in [3.8, 4) is 34.5 Å². The number of aliphatic hydroxyl groups is 8. The number of fused-ring (bicyclic) bond motifs is 4. The minimum absolute atomic E-state index is 0.00971. The van der Waals surface area contributed by atoms with Gasteiger partial charge >= 0.3 is 36.1 Å². The van der Waals surface area contributed by atoms with Crippen molar-refractivity contribution in [2.24, 2.45) is 0 Å². The molecule has 5 aromatic carbocycles. The highest BCUT2D eigenvalue weighted by Crippen LogP contribution is 2.45. The van der Waals surface area contributed by atoms with Crippen molar-refractivity contribution in [2.45, 2.75) is 178 Å². The van der Waals surface area contributed by atoms with Gasteiger partial charge in [0.05, 0.1) is 120 Å². The lowest BCUT2D eigenvalue weighted by atomic mass is 9.98. The number of unbranched alkanes of at least 4 members (excludes halogenated alkanes) is 2. The summed E-state index contributed by atoms with van der Waals surface area (Å²) in [5, 5.41) is 107. The highest BCUT2D eigenvalue weighted by atomic mass is 16.7. The van der Waals surface area contributed by atoms with Crippen molar-refractivity contribution < 1.29 is 175 Å². The maximum atomic E-state index is 15.1. The number of hydrogen-bond donors (Lipinski definition) is 10. The number of aliphatic carboxylic acids is 2. The van der Waals surface area contributed by atoms with Crippen LogP contribution in [-0.2, 0) is 79.7 Å². The van der Waals surface area contributed by atoms with Crippen molar-refractivity contribution in [3.05, 3.63) is 148 Å². The standard InChI is InChI=1S/C88H108N4O36/c1-48-34-61-80(105)91(86(110)123-44-50-13-19-65(126-85-76(102)73(99)74(100)77(127-85)82(107)108)57(36-50)63(93)12-11-22-114-27-28-116-29-30-117-47-71(97)128-88(3,4)5)59-40-67(49(2)35-55(59)78(103)89(61)42-48)119-23-9-8-10-24-120-69-41-60-56(39-68(69)113-7)79(104)90-43-53(52-15-17-54(18-16-52)118-33-31-115-25-21-70(95)96)38-62(90)81(106)92(60)87(111)124-45-51-14-20-66(58(37-51)83(109)121-32-26-112-6)125-84-75(101)72(98)64(94)46-122-84/h13-20,35-37,39-41,43,61-62,64,72-77,80-81,84-85,94,98-102,105-106H,1,8-12,21-34,38,42,44-47H2,2-7H3,(H,95,96)(H,107,108)/t61-,62?,64+,72-,73-,74-,75+,76+,77?,80?,81?,84-,85?/m0/s1. The summed E-state index contributed by atoms with van der Waals surface area (Å²) in [5.74, 6) is -5.52. The van der Waals surface area contributed by atoms with E-state index in [0.717, 1.165) is 9.80 Å². The van der Waals surface area contributed by atoms with Gasteiger partial charge < -0.3 is 141 Å². The third-order valence-corrected chi connectivity index (χ3v) is 21.2. The second-order valence-corrected chi connectivity index (χ2v) is 31.7. The molecule has 6 aliphatic heterocycles. The Morgan fingerprint density at radius 3 is 1.78 bits per heavy atom. The molecule has 5 aromatic rings. The number of carboxylic acids is 2. The number of amides is 4. The van der Waals surface area contributed by atoms with Crippen LogP contribution in [0.1, 0.15) is 136 Å². The van der Waals surface area contributed by atoms with Gasteiger partial charge in [0.1, 0.15) is 104 Å². The fourth-order valence-electron chi connectivity index (χ4n) is 14.7. The van der Waals surface area contributed by atoms with E-state index in [1.54, 1.807) is 58.2 Å². The fraction of sp³-hybridized carbons (Fsp3) is 0.511. The number of esters is 2. The molecule has 40 nitrogen and oxygen atoms in total. The Kier molecular flexibility index (Phi) is 34.4. The summed E-state index contributed by atoms with van der Waals surface area (Å²) < 4.78 is 96.1. The van der Waals surface area contributed by atoms with Crippen molar-refractivity contribution in [3.63, 3.8) is 0 Å². The molecule has 696 valence electrons. The van der Waals surface area contributed by atoms with Crippen LogP contribution in [0.5, 0.6) is 34.5 Å². The van der Waals surface area contributed by atoms with Gasteiger partial charge in [-0.3, -0.25) is 19.2 Å². The number of rotatable bonds is 43. The molecular weight excluding hydrogens is 1690 g/mol. The van der Waals surface area contributed by atoms with Crippen molar-refractivity contribution in [2.75, 3.05) is 123 Å². The summed E-state index contributed by atoms with van der Waals surface area (Å²) in [7, 11) is 2.74. The molecule has 13 atom stereocenters. The van der Waals surface area contributed by atoms with E-state index in [4.69, 9.17) is 85.6 Å². The number of aliphatic hydroxyl groups excluding tert-OH is 8. The van der Waals surface area contributed by atoms with Crippen LogP contribution in [-0.4, -0.2) is 313 Å². The first-order valence-corrected chi connectivity index (χ1v) is 41.5. The molecule has 11 rings (SSSR count). The van der Waals surface area contributed by atoms with Crippen LogP contribution < -0.4 is 38.2 Å². The van der Waals surface area contributed by atoms with Gasteiger partial charge in [-0.25, -0.2) is 33.8 Å². The zero-order valence-electron chi connectivity index (χ0n) is 71.4. The lowest BCUT2D eigenvalue weighted by Gasteiger charge is -2.38. The van der Waals surface area contributed by atoms with E-state index in [1.807, 2.05) is 0 Å². The number of ketones is 1. The molecule has 128 heavy (non-hydrogen) atoms. The van der Waals surface area contributed by atoms with E-state index in [1.165, 1.54) is 84.7 Å². The topological polar surface area (TPSA) is 526 Å². The number of carboxylic acid groups (broad SMARTS) is 2. The first-order chi connectivity index (χ1) is 61.2. The fourth-order valence-corrected chi connectivity index (χ4v) is 14.7. The predicted molar refractivity (Wildman–Crippen MR) is 443 cm³/mol. The maximum Gasteiger partial charge on any atom is 0.416 e. The summed E-state index contributed by atoms with van der Waals surface area (Å²) >= 11 is 0. The molecule has 6 heterocycles. The first kappa shape index (κ1) is 97.4. The number of nitrogens with zero attached hydrogens (tertiary/aromatic N) is 4. The number of hydrogen-bond acceptors (Lipinski definition) is 34. The lowest BCUT2D eigenvalue weighted by Crippen LogP contribution is -2.61. The van der Waals surface area contributed by atoms with Crippen LogP contribution in [0.3, 0.4) is 0 Å². The third-order valence-electron chi connectivity index (χ3n) is 21.2. The normalized spacial score (nSPS) is 22.5. The second-order valence-electron chi connectivity index (χ2n) is 31.7. The maximum absolute atomic E-state index is 15.1. The Morgan fingerprint density at radius 1 is 0.539 bits per heavy atom. The molecule has 0 radical (unpaired) electrons. The van der Waals surface area contributed by atoms with Gasteiger partial charge in [0.25, 0.3) is 11.8 Å². The molecule has 0 aliphatic carbocycles. The zero-order chi connectivity index (χ0) is 92.2. The van der Waals surface area contributed by atoms with Gasteiger partial charge in [-0.1, -0.05) is 36.4 Å². The summed E-state index contributed by atoms with van der Waals surface area (Å²) in [5.41, 5.74) is 1.31. The van der Waals surface area contributed by atoms with Crippen LogP contribution in [0.4, 0.5) is 21.0 Å². The van der Waals surface area contributed by atoms with E-state index in [2.05, 4.69) is 6.58 Å². The molecule has 4 amide bonds. The quantitative estimate of drug-likeness (QED) is 0.00829. The van der Waals surface area contributed by atoms with Gasteiger partial charge in [-0.05, 0) is 143 Å². The summed E-state index contributed by atoms with van der Waals surface area (Å²) in [6, 6.07) is 18.4. The number of carbonyl (C=O) groups is 9. The number of benzene rings is 5. The Balaban J connectivity index is 0.767. The van der Waals surface area contributed by atoms with Crippen LogP contribution in [0.15, 0.2) is 103 Å². The third kappa shape index (κ3) is 24.8. The molecule has 0 bridgehead atoms. The molecule has 0 saturated carbocycles. The Hall–Kier alpha value is -11.2.